The second-order valence-corrected chi connectivity index (χ2v) is 4.88. The van der Waals surface area contributed by atoms with Gasteiger partial charge in [-0.05, 0) is 24.7 Å². The van der Waals surface area contributed by atoms with E-state index >= 15 is 0 Å². The quantitative estimate of drug-likeness (QED) is 0.524. The number of amides is 2. The van der Waals surface area contributed by atoms with Gasteiger partial charge in [0.25, 0.3) is 11.8 Å². The Morgan fingerprint density at radius 3 is 2.41 bits per heavy atom. The van der Waals surface area contributed by atoms with Crippen LogP contribution in [0.3, 0.4) is 0 Å². The molecule has 17 heavy (non-hydrogen) atoms. The highest BCUT2D eigenvalue weighted by molar-refractivity contribution is 6.01. The summed E-state index contributed by atoms with van der Waals surface area (Å²) in [4.78, 5) is 39.4. The smallest absolute Gasteiger partial charge is 0.330 e. The summed E-state index contributed by atoms with van der Waals surface area (Å²) < 4.78 is 0. The van der Waals surface area contributed by atoms with Gasteiger partial charge in [-0.15, -0.1) is 5.06 Å². The van der Waals surface area contributed by atoms with Crippen molar-refractivity contribution in [3.8, 4) is 0 Å². The average Bonchev–Trinajstić information content (AvgIpc) is 2.99. The average molecular weight is 235 g/mol. The molecule has 2 aliphatic carbocycles. The Kier molecular flexibility index (Phi) is 2.28. The van der Waals surface area contributed by atoms with E-state index in [1.165, 1.54) is 0 Å². The van der Waals surface area contributed by atoms with Gasteiger partial charge in [-0.1, -0.05) is 12.2 Å². The molecule has 1 heterocycles. The van der Waals surface area contributed by atoms with Crippen LogP contribution in [-0.2, 0) is 19.2 Å². The minimum Gasteiger partial charge on any atom is -0.330 e. The Hall–Kier alpha value is -1.65. The number of carbonyl (C=O) groups is 3. The van der Waals surface area contributed by atoms with Crippen molar-refractivity contribution < 1.29 is 19.2 Å². The minimum absolute atomic E-state index is 0.142. The normalized spacial score (nSPS) is 34.8. The SMILES string of the molecule is O=C(ON1C(=O)CCC1=O)[C@@H]1C[C@@H]2C=C[C@H]1C2. The second kappa shape index (κ2) is 3.68. The Morgan fingerprint density at radius 1 is 1.18 bits per heavy atom. The molecule has 0 radical (unpaired) electrons. The maximum absolute atomic E-state index is 11.9. The number of hydrogen-bond acceptors (Lipinski definition) is 4. The fourth-order valence-corrected chi connectivity index (χ4v) is 2.87. The van der Waals surface area contributed by atoms with Crippen molar-refractivity contribution in [1.82, 2.24) is 5.06 Å². The zero-order chi connectivity index (χ0) is 12.0. The molecule has 5 nitrogen and oxygen atoms in total. The molecule has 0 aromatic heterocycles. The van der Waals surface area contributed by atoms with Crippen LogP contribution in [0.1, 0.15) is 25.7 Å². The monoisotopic (exact) mass is 235 g/mol. The second-order valence-electron chi connectivity index (χ2n) is 4.88. The number of allylic oxidation sites excluding steroid dienone is 2. The van der Waals surface area contributed by atoms with Crippen molar-refractivity contribution in [2.75, 3.05) is 0 Å². The van der Waals surface area contributed by atoms with Gasteiger partial charge in [0.05, 0.1) is 5.92 Å². The molecule has 1 aliphatic heterocycles. The molecule has 0 unspecified atom stereocenters. The van der Waals surface area contributed by atoms with Gasteiger partial charge in [0.15, 0.2) is 0 Å². The van der Waals surface area contributed by atoms with Gasteiger partial charge in [0.1, 0.15) is 0 Å². The van der Waals surface area contributed by atoms with E-state index in [9.17, 15) is 14.4 Å². The first-order valence-corrected chi connectivity index (χ1v) is 5.91. The first-order chi connectivity index (χ1) is 8.15. The van der Waals surface area contributed by atoms with Gasteiger partial charge in [-0.3, -0.25) is 9.59 Å². The van der Waals surface area contributed by atoms with Gasteiger partial charge in [-0.2, -0.15) is 0 Å². The molecular weight excluding hydrogens is 222 g/mol. The van der Waals surface area contributed by atoms with Crippen LogP contribution < -0.4 is 0 Å². The van der Waals surface area contributed by atoms with E-state index in [1.54, 1.807) is 0 Å². The molecule has 2 amide bonds. The van der Waals surface area contributed by atoms with E-state index in [1.807, 2.05) is 6.08 Å². The number of rotatable bonds is 2. The van der Waals surface area contributed by atoms with Crippen LogP contribution in [-0.4, -0.2) is 22.8 Å². The molecule has 2 bridgehead atoms. The molecule has 5 heteroatoms. The van der Waals surface area contributed by atoms with Gasteiger partial charge in [0, 0.05) is 12.8 Å². The molecule has 0 N–H and O–H groups in total. The zero-order valence-corrected chi connectivity index (χ0v) is 9.30. The molecule has 0 aromatic carbocycles. The number of imide groups is 1. The number of fused-ring (bicyclic) bond motifs is 2. The third-order valence-electron chi connectivity index (χ3n) is 3.77. The van der Waals surface area contributed by atoms with Crippen molar-refractivity contribution >= 4 is 17.8 Å². The predicted molar refractivity (Wildman–Crippen MR) is 56.0 cm³/mol. The molecule has 1 saturated carbocycles. The Labute approximate surface area is 98.4 Å². The standard InChI is InChI=1S/C12H13NO4/c14-10-3-4-11(15)13(10)17-12(16)9-6-7-1-2-8(9)5-7/h1-2,7-9H,3-6H2/t7-,8+,9-/m1/s1. The van der Waals surface area contributed by atoms with E-state index in [4.69, 9.17) is 4.84 Å². The molecule has 1 saturated heterocycles. The summed E-state index contributed by atoms with van der Waals surface area (Å²) in [5, 5.41) is 0.637. The molecule has 2 fully saturated rings. The first-order valence-electron chi connectivity index (χ1n) is 5.91. The van der Waals surface area contributed by atoms with Gasteiger partial charge >= 0.3 is 5.97 Å². The highest BCUT2D eigenvalue weighted by Crippen LogP contribution is 2.44. The molecule has 0 spiro atoms. The van der Waals surface area contributed by atoms with E-state index in [0.29, 0.717) is 11.0 Å². The third kappa shape index (κ3) is 1.66. The van der Waals surface area contributed by atoms with Gasteiger partial charge in [0.2, 0.25) is 0 Å². The molecular formula is C12H13NO4. The Balaban J connectivity index is 1.66. The summed E-state index contributed by atoms with van der Waals surface area (Å²) in [6.45, 7) is 0. The molecule has 0 aromatic rings. The zero-order valence-electron chi connectivity index (χ0n) is 9.30. The molecule has 90 valence electrons. The molecule has 3 atom stereocenters. The van der Waals surface area contributed by atoms with Crippen molar-refractivity contribution in [1.29, 1.82) is 0 Å². The van der Waals surface area contributed by atoms with Crippen LogP contribution in [0.15, 0.2) is 12.2 Å². The maximum atomic E-state index is 11.9. The van der Waals surface area contributed by atoms with E-state index in [0.717, 1.165) is 12.8 Å². The van der Waals surface area contributed by atoms with Crippen LogP contribution in [0.25, 0.3) is 0 Å². The number of hydrogen-bond donors (Lipinski definition) is 0. The topological polar surface area (TPSA) is 63.7 Å². The van der Waals surface area contributed by atoms with E-state index in [2.05, 4.69) is 6.08 Å². The first kappa shape index (κ1) is 10.5. The summed E-state index contributed by atoms with van der Waals surface area (Å²) in [7, 11) is 0. The van der Waals surface area contributed by atoms with Crippen LogP contribution >= 0.6 is 0 Å². The Morgan fingerprint density at radius 2 is 1.88 bits per heavy atom. The summed E-state index contributed by atoms with van der Waals surface area (Å²) in [5.41, 5.74) is 0. The fourth-order valence-electron chi connectivity index (χ4n) is 2.87. The fraction of sp³-hybridized carbons (Fsp3) is 0.583. The number of hydroxylamine groups is 2. The van der Waals surface area contributed by atoms with Crippen LogP contribution in [0.2, 0.25) is 0 Å². The minimum atomic E-state index is -0.439. The van der Waals surface area contributed by atoms with E-state index < -0.39 is 17.8 Å². The molecule has 3 aliphatic rings. The lowest BCUT2D eigenvalue weighted by Gasteiger charge is -2.19. The summed E-state index contributed by atoms with van der Waals surface area (Å²) in [6, 6.07) is 0. The summed E-state index contributed by atoms with van der Waals surface area (Å²) >= 11 is 0. The van der Waals surface area contributed by atoms with Gasteiger partial charge in [-0.25, -0.2) is 4.79 Å². The van der Waals surface area contributed by atoms with Crippen molar-refractivity contribution in [2.24, 2.45) is 17.8 Å². The molecule has 3 rings (SSSR count). The number of nitrogens with zero attached hydrogens (tertiary/aromatic N) is 1. The predicted octanol–water partition coefficient (Wildman–Crippen LogP) is 0.806. The lowest BCUT2D eigenvalue weighted by molar-refractivity contribution is -0.201. The third-order valence-corrected chi connectivity index (χ3v) is 3.77. The highest BCUT2D eigenvalue weighted by Gasteiger charge is 2.43. The van der Waals surface area contributed by atoms with E-state index in [-0.39, 0.29) is 24.7 Å². The van der Waals surface area contributed by atoms with Crippen LogP contribution in [0, 0.1) is 17.8 Å². The number of carbonyl (C=O) groups excluding carboxylic acids is 3. The van der Waals surface area contributed by atoms with Crippen molar-refractivity contribution in [3.05, 3.63) is 12.2 Å². The highest BCUT2D eigenvalue weighted by atomic mass is 16.7. The van der Waals surface area contributed by atoms with Gasteiger partial charge < -0.3 is 4.84 Å². The lowest BCUT2D eigenvalue weighted by atomic mass is 9.94. The lowest BCUT2D eigenvalue weighted by Crippen LogP contribution is -2.35. The summed E-state index contributed by atoms with van der Waals surface area (Å²) in [5.74, 6) is -0.774. The van der Waals surface area contributed by atoms with Crippen LogP contribution in [0.5, 0.6) is 0 Å². The van der Waals surface area contributed by atoms with Crippen LogP contribution in [0.4, 0.5) is 0 Å². The largest absolute Gasteiger partial charge is 0.336 e. The van der Waals surface area contributed by atoms with Crippen molar-refractivity contribution in [3.63, 3.8) is 0 Å². The van der Waals surface area contributed by atoms with Crippen molar-refractivity contribution in [2.45, 2.75) is 25.7 Å². The Bertz CT molecular complexity index is 412. The summed E-state index contributed by atoms with van der Waals surface area (Å²) in [6.07, 6.45) is 6.21. The maximum Gasteiger partial charge on any atom is 0.336 e.